The quantitative estimate of drug-likeness (QED) is 0.179. The van der Waals surface area contributed by atoms with Crippen LogP contribution in [0, 0.1) is 0 Å². The molecule has 250 valence electrons. The molecule has 3 heterocycles. The maximum atomic E-state index is 5.46. The van der Waals surface area contributed by atoms with Crippen molar-refractivity contribution >= 4 is 86.3 Å². The Morgan fingerprint density at radius 2 is 1.11 bits per heavy atom. The summed E-state index contributed by atoms with van der Waals surface area (Å²) in [5, 5.41) is 10.3. The van der Waals surface area contributed by atoms with Crippen molar-refractivity contribution in [3.05, 3.63) is 193 Å². The average molecular weight is 696 g/mol. The molecule has 0 fully saturated rings. The first-order chi connectivity index (χ1) is 26.2. The molecule has 1 aliphatic heterocycles. The van der Waals surface area contributed by atoms with Crippen molar-refractivity contribution in [2.75, 3.05) is 7.05 Å². The summed E-state index contributed by atoms with van der Waals surface area (Å²) in [6, 6.07) is 61.8. The highest BCUT2D eigenvalue weighted by Crippen LogP contribution is 2.42. The summed E-state index contributed by atoms with van der Waals surface area (Å²) in [7, 11) is 2.16. The van der Waals surface area contributed by atoms with Crippen LogP contribution in [0.2, 0.25) is 0 Å². The van der Waals surface area contributed by atoms with Gasteiger partial charge in [0, 0.05) is 54.9 Å². The van der Waals surface area contributed by atoms with E-state index in [0.717, 1.165) is 28.2 Å². The molecule has 0 N–H and O–H groups in total. The number of hydrogen-bond donors (Lipinski definition) is 0. The molecule has 1 aliphatic rings. The van der Waals surface area contributed by atoms with E-state index in [1.165, 1.54) is 69.1 Å². The fourth-order valence-corrected chi connectivity index (χ4v) is 9.62. The van der Waals surface area contributed by atoms with E-state index >= 15 is 0 Å². The van der Waals surface area contributed by atoms with Crippen molar-refractivity contribution in [2.24, 2.45) is 4.99 Å². The first kappa shape index (κ1) is 30.2. The first-order valence-electron chi connectivity index (χ1n) is 18.1. The van der Waals surface area contributed by atoms with Gasteiger partial charge in [-0.15, -0.1) is 11.3 Å². The molecule has 8 aromatic carbocycles. The zero-order chi connectivity index (χ0) is 35.0. The fraction of sp³-hybridized carbons (Fsp3) is 0.0408. The second-order valence-corrected chi connectivity index (χ2v) is 15.1. The van der Waals surface area contributed by atoms with Crippen LogP contribution in [0.1, 0.15) is 22.9 Å². The first-order valence-corrected chi connectivity index (χ1v) is 18.9. The van der Waals surface area contributed by atoms with E-state index in [1.807, 2.05) is 11.3 Å². The normalized spacial score (nSPS) is 14.9. The van der Waals surface area contributed by atoms with Crippen molar-refractivity contribution in [2.45, 2.75) is 6.17 Å². The Labute approximate surface area is 311 Å². The van der Waals surface area contributed by atoms with Crippen LogP contribution in [-0.4, -0.2) is 22.2 Å². The molecule has 1 unspecified atom stereocenters. The van der Waals surface area contributed by atoms with E-state index in [2.05, 4.69) is 192 Å². The minimum absolute atomic E-state index is 0.191. The highest BCUT2D eigenvalue weighted by atomic mass is 32.1. The molecule has 0 bridgehead atoms. The molecule has 0 saturated carbocycles. The molecule has 1 atom stereocenters. The predicted octanol–water partition coefficient (Wildman–Crippen LogP) is 12.9. The van der Waals surface area contributed by atoms with Gasteiger partial charge in [0.05, 0.1) is 16.7 Å². The predicted molar refractivity (Wildman–Crippen MR) is 227 cm³/mol. The number of aliphatic imine (C=N–C) groups is 1. The second kappa shape index (κ2) is 11.8. The van der Waals surface area contributed by atoms with Crippen LogP contribution in [0.15, 0.2) is 181 Å². The highest BCUT2D eigenvalue weighted by molar-refractivity contribution is 7.25. The van der Waals surface area contributed by atoms with Crippen LogP contribution < -0.4 is 0 Å². The lowest BCUT2D eigenvalue weighted by atomic mass is 10.00. The number of benzene rings is 8. The third kappa shape index (κ3) is 4.69. The van der Waals surface area contributed by atoms with Crippen LogP contribution in [-0.2, 0) is 0 Å². The van der Waals surface area contributed by atoms with E-state index in [4.69, 9.17) is 4.99 Å². The molecule has 0 aliphatic carbocycles. The maximum absolute atomic E-state index is 5.46. The van der Waals surface area contributed by atoms with Crippen molar-refractivity contribution in [1.82, 2.24) is 9.47 Å². The Balaban J connectivity index is 1.06. The second-order valence-electron chi connectivity index (χ2n) is 14.0. The van der Waals surface area contributed by atoms with Crippen LogP contribution in [0.4, 0.5) is 0 Å². The summed E-state index contributed by atoms with van der Waals surface area (Å²) in [6.45, 7) is 0. The molecule has 0 amide bonds. The Morgan fingerprint density at radius 3 is 1.81 bits per heavy atom. The molecular weight excluding hydrogens is 663 g/mol. The van der Waals surface area contributed by atoms with Crippen molar-refractivity contribution in [3.8, 4) is 5.69 Å². The van der Waals surface area contributed by atoms with Gasteiger partial charge in [0.25, 0.3) is 0 Å². The molecule has 0 spiro atoms. The van der Waals surface area contributed by atoms with Gasteiger partial charge in [-0.3, -0.25) is 4.99 Å². The summed E-state index contributed by atoms with van der Waals surface area (Å²) < 4.78 is 5.03. The van der Waals surface area contributed by atoms with Gasteiger partial charge in [0.2, 0.25) is 0 Å². The zero-order valence-electron chi connectivity index (χ0n) is 29.1. The topological polar surface area (TPSA) is 20.5 Å². The van der Waals surface area contributed by atoms with Crippen molar-refractivity contribution in [3.63, 3.8) is 0 Å². The van der Waals surface area contributed by atoms with Gasteiger partial charge in [0.1, 0.15) is 6.17 Å². The van der Waals surface area contributed by atoms with Gasteiger partial charge in [-0.2, -0.15) is 0 Å². The summed E-state index contributed by atoms with van der Waals surface area (Å²) in [5.74, 6) is 0. The Kier molecular flexibility index (Phi) is 6.70. The lowest BCUT2D eigenvalue weighted by molar-refractivity contribution is 0.364. The molecular formula is C49H33N3S. The molecule has 53 heavy (non-hydrogen) atoms. The summed E-state index contributed by atoms with van der Waals surface area (Å²) in [6.07, 6.45) is 2.06. The van der Waals surface area contributed by atoms with Crippen LogP contribution in [0.5, 0.6) is 0 Å². The van der Waals surface area contributed by atoms with Gasteiger partial charge in [-0.1, -0.05) is 133 Å². The number of nitrogens with zero attached hydrogens (tertiary/aromatic N) is 3. The van der Waals surface area contributed by atoms with Crippen LogP contribution in [0.25, 0.3) is 74.9 Å². The van der Waals surface area contributed by atoms with Gasteiger partial charge in [0.15, 0.2) is 0 Å². The summed E-state index contributed by atoms with van der Waals surface area (Å²) in [4.78, 5) is 7.77. The number of rotatable bonds is 4. The van der Waals surface area contributed by atoms with Crippen molar-refractivity contribution in [1.29, 1.82) is 0 Å². The minimum atomic E-state index is -0.191. The molecule has 10 aromatic rings. The van der Waals surface area contributed by atoms with Gasteiger partial charge < -0.3 is 9.47 Å². The third-order valence-electron chi connectivity index (χ3n) is 11.0. The molecule has 2 aromatic heterocycles. The lowest BCUT2D eigenvalue weighted by Crippen LogP contribution is -2.27. The van der Waals surface area contributed by atoms with Crippen LogP contribution in [0.3, 0.4) is 0 Å². The highest BCUT2D eigenvalue weighted by Gasteiger charge is 2.26. The van der Waals surface area contributed by atoms with Gasteiger partial charge >= 0.3 is 0 Å². The number of hydrogen-bond acceptors (Lipinski definition) is 3. The molecule has 11 rings (SSSR count). The Morgan fingerprint density at radius 1 is 0.509 bits per heavy atom. The smallest absolute Gasteiger partial charge is 0.147 e. The fourth-order valence-electron chi connectivity index (χ4n) is 8.48. The van der Waals surface area contributed by atoms with Gasteiger partial charge in [-0.25, -0.2) is 0 Å². The summed E-state index contributed by atoms with van der Waals surface area (Å²) >= 11 is 1.85. The molecule has 0 saturated heterocycles. The zero-order valence-corrected chi connectivity index (χ0v) is 29.9. The van der Waals surface area contributed by atoms with E-state index < -0.39 is 0 Å². The average Bonchev–Trinajstić information content (AvgIpc) is 3.77. The number of thiophene rings is 1. The lowest BCUT2D eigenvalue weighted by Gasteiger charge is -2.34. The minimum Gasteiger partial charge on any atom is -0.349 e. The third-order valence-corrected chi connectivity index (χ3v) is 12.2. The van der Waals surface area contributed by atoms with Crippen LogP contribution >= 0.6 is 11.3 Å². The van der Waals surface area contributed by atoms with E-state index in [9.17, 15) is 0 Å². The molecule has 0 radical (unpaired) electrons. The molecule has 4 heteroatoms. The Hall–Kier alpha value is -6.49. The number of fused-ring (bicyclic) bond motifs is 10. The summed E-state index contributed by atoms with van der Waals surface area (Å²) in [5.41, 5.74) is 9.17. The van der Waals surface area contributed by atoms with Gasteiger partial charge in [-0.05, 0) is 75.1 Å². The van der Waals surface area contributed by atoms with E-state index in [0.29, 0.717) is 0 Å². The number of aromatic nitrogens is 1. The monoisotopic (exact) mass is 695 g/mol. The largest absolute Gasteiger partial charge is 0.349 e. The number of allylic oxidation sites excluding steroid dienone is 1. The SMILES string of the molecule is CN1C(c2ccccc2)=CC(c2ccc3c(c2)sc2ccccc23)=NC1c1ccc(-n2c3ccc4ccccc4c3c3c4ccccc4ccc32)cc1. The maximum Gasteiger partial charge on any atom is 0.147 e. The van der Waals surface area contributed by atoms with E-state index in [1.54, 1.807) is 0 Å². The molecule has 3 nitrogen and oxygen atoms in total. The Bertz CT molecular complexity index is 3040. The van der Waals surface area contributed by atoms with Crippen molar-refractivity contribution < 1.29 is 0 Å². The van der Waals surface area contributed by atoms with E-state index in [-0.39, 0.29) is 6.17 Å². The standard InChI is InChI=1S/C49H33N3S/c1-51-44(33-13-3-2-4-14-33)30-41(35-21-26-40-39-17-9-10-18-45(39)53-46(40)29-35)50-49(51)34-19-24-36(25-20-34)52-42-27-22-31-11-5-7-15-37(31)47(42)48-38-16-8-6-12-32(38)23-28-43(48)52/h2-30,49H,1H3.